The van der Waals surface area contributed by atoms with Gasteiger partial charge in [-0.05, 0) is 45.3 Å². The van der Waals surface area contributed by atoms with Crippen LogP contribution in [-0.4, -0.2) is 48.5 Å². The van der Waals surface area contributed by atoms with E-state index in [2.05, 4.69) is 39.0 Å². The number of halogens is 1. The average Bonchev–Trinajstić information content (AvgIpc) is 3.35. The molecule has 0 spiro atoms. The molecular weight excluding hydrogens is 420 g/mol. The third-order valence-corrected chi connectivity index (χ3v) is 6.15. The van der Waals surface area contributed by atoms with Gasteiger partial charge in [-0.1, -0.05) is 24.3 Å². The molecule has 0 unspecified atom stereocenters. The lowest BCUT2D eigenvalue weighted by Gasteiger charge is -2.34. The van der Waals surface area contributed by atoms with Gasteiger partial charge in [-0.25, -0.2) is 0 Å². The molecule has 1 saturated heterocycles. The van der Waals surface area contributed by atoms with Crippen molar-refractivity contribution in [2.75, 3.05) is 32.8 Å². The van der Waals surface area contributed by atoms with E-state index in [0.29, 0.717) is 18.8 Å². The standard InChI is InChI=1S/C22H21BrN2O3/c23-18-3-1-2-17-13-20(28-21(17)18)22(26)25-9-7-24(8-10-25)14-15-4-5-19-16(12-15)6-11-27-19/h1-5,12-13H,6-11,14H2. The van der Waals surface area contributed by atoms with Gasteiger partial charge >= 0.3 is 0 Å². The molecule has 0 saturated carbocycles. The SMILES string of the molecule is O=C(c1cc2cccc(Br)c2o1)N1CCN(Cc2ccc3c(c2)CCO3)CC1. The zero-order valence-corrected chi connectivity index (χ0v) is 17.1. The number of furan rings is 1. The van der Waals surface area contributed by atoms with Crippen LogP contribution in [0.5, 0.6) is 5.75 Å². The molecule has 2 aromatic carbocycles. The van der Waals surface area contributed by atoms with Crippen molar-refractivity contribution in [1.29, 1.82) is 0 Å². The Morgan fingerprint density at radius 2 is 1.93 bits per heavy atom. The highest BCUT2D eigenvalue weighted by Crippen LogP contribution is 2.28. The maximum atomic E-state index is 12.9. The van der Waals surface area contributed by atoms with E-state index < -0.39 is 0 Å². The van der Waals surface area contributed by atoms with Gasteiger partial charge in [0.25, 0.3) is 5.91 Å². The number of carbonyl (C=O) groups is 1. The summed E-state index contributed by atoms with van der Waals surface area (Å²) < 4.78 is 12.3. The van der Waals surface area contributed by atoms with E-state index in [1.54, 1.807) is 0 Å². The molecule has 144 valence electrons. The fourth-order valence-electron chi connectivity index (χ4n) is 3.99. The molecule has 0 bridgehead atoms. The lowest BCUT2D eigenvalue weighted by atomic mass is 10.1. The molecule has 3 heterocycles. The first-order chi connectivity index (χ1) is 13.7. The summed E-state index contributed by atoms with van der Waals surface area (Å²) in [6, 6.07) is 14.1. The highest BCUT2D eigenvalue weighted by molar-refractivity contribution is 9.10. The van der Waals surface area contributed by atoms with Gasteiger partial charge in [0, 0.05) is 44.5 Å². The largest absolute Gasteiger partial charge is 0.493 e. The van der Waals surface area contributed by atoms with E-state index in [1.165, 1.54) is 11.1 Å². The number of rotatable bonds is 3. The van der Waals surface area contributed by atoms with E-state index >= 15 is 0 Å². The summed E-state index contributed by atoms with van der Waals surface area (Å²) in [4.78, 5) is 17.1. The Hall–Kier alpha value is -2.31. The Kier molecular flexibility index (Phi) is 4.61. The molecule has 5 rings (SSSR count). The van der Waals surface area contributed by atoms with Gasteiger partial charge in [0.15, 0.2) is 5.76 Å². The minimum Gasteiger partial charge on any atom is -0.493 e. The van der Waals surface area contributed by atoms with Gasteiger partial charge in [-0.3, -0.25) is 9.69 Å². The number of hydrogen-bond acceptors (Lipinski definition) is 4. The second kappa shape index (κ2) is 7.26. The summed E-state index contributed by atoms with van der Waals surface area (Å²) in [7, 11) is 0. The Morgan fingerprint density at radius 1 is 1.07 bits per heavy atom. The van der Waals surface area contributed by atoms with E-state index in [-0.39, 0.29) is 5.91 Å². The zero-order valence-electron chi connectivity index (χ0n) is 15.5. The molecule has 0 aliphatic carbocycles. The molecule has 0 radical (unpaired) electrons. The fourth-order valence-corrected chi connectivity index (χ4v) is 4.46. The van der Waals surface area contributed by atoms with E-state index in [9.17, 15) is 4.79 Å². The summed E-state index contributed by atoms with van der Waals surface area (Å²) >= 11 is 3.48. The van der Waals surface area contributed by atoms with Crippen molar-refractivity contribution in [3.63, 3.8) is 0 Å². The summed E-state index contributed by atoms with van der Waals surface area (Å²) in [6.45, 7) is 4.85. The van der Waals surface area contributed by atoms with Crippen LogP contribution in [0.4, 0.5) is 0 Å². The summed E-state index contributed by atoms with van der Waals surface area (Å²) in [6.07, 6.45) is 0.999. The summed E-state index contributed by atoms with van der Waals surface area (Å²) in [5.74, 6) is 1.41. The first-order valence-electron chi connectivity index (χ1n) is 9.62. The second-order valence-electron chi connectivity index (χ2n) is 7.38. The van der Waals surface area contributed by atoms with Gasteiger partial charge in [-0.2, -0.15) is 0 Å². The number of piperazine rings is 1. The maximum Gasteiger partial charge on any atom is 0.289 e. The second-order valence-corrected chi connectivity index (χ2v) is 8.23. The van der Waals surface area contributed by atoms with Crippen LogP contribution in [0.3, 0.4) is 0 Å². The van der Waals surface area contributed by atoms with Crippen LogP contribution in [0.25, 0.3) is 11.0 Å². The first-order valence-corrected chi connectivity index (χ1v) is 10.4. The lowest BCUT2D eigenvalue weighted by molar-refractivity contribution is 0.0600. The number of benzene rings is 2. The minimum absolute atomic E-state index is 0.0302. The van der Waals surface area contributed by atoms with Crippen molar-refractivity contribution >= 4 is 32.8 Å². The van der Waals surface area contributed by atoms with Gasteiger partial charge < -0.3 is 14.1 Å². The Balaban J connectivity index is 1.22. The summed E-state index contributed by atoms with van der Waals surface area (Å²) in [5, 5.41) is 0.942. The number of nitrogens with zero attached hydrogens (tertiary/aromatic N) is 2. The van der Waals surface area contributed by atoms with Crippen LogP contribution >= 0.6 is 15.9 Å². The number of para-hydroxylation sites is 1. The molecule has 2 aliphatic rings. The van der Waals surface area contributed by atoms with Crippen LogP contribution in [0.1, 0.15) is 21.7 Å². The monoisotopic (exact) mass is 440 g/mol. The molecule has 2 aliphatic heterocycles. The Bertz CT molecular complexity index is 1040. The summed E-state index contributed by atoms with van der Waals surface area (Å²) in [5.41, 5.74) is 3.35. The van der Waals surface area contributed by atoms with Crippen molar-refractivity contribution in [3.05, 3.63) is 63.8 Å². The third-order valence-electron chi connectivity index (χ3n) is 5.53. The van der Waals surface area contributed by atoms with Crippen LogP contribution in [0.2, 0.25) is 0 Å². The Morgan fingerprint density at radius 3 is 2.75 bits per heavy atom. The third kappa shape index (κ3) is 3.31. The predicted molar refractivity (Wildman–Crippen MR) is 111 cm³/mol. The first kappa shape index (κ1) is 17.8. The smallest absolute Gasteiger partial charge is 0.289 e. The molecule has 28 heavy (non-hydrogen) atoms. The van der Waals surface area contributed by atoms with Gasteiger partial charge in [0.1, 0.15) is 11.3 Å². The van der Waals surface area contributed by atoms with Crippen LogP contribution in [-0.2, 0) is 13.0 Å². The molecule has 3 aromatic rings. The number of fused-ring (bicyclic) bond motifs is 2. The number of amides is 1. The lowest BCUT2D eigenvalue weighted by Crippen LogP contribution is -2.48. The molecular formula is C22H21BrN2O3. The Labute approximate surface area is 172 Å². The highest BCUT2D eigenvalue weighted by Gasteiger charge is 2.25. The van der Waals surface area contributed by atoms with Gasteiger partial charge in [0.2, 0.25) is 0 Å². The van der Waals surface area contributed by atoms with E-state index in [1.807, 2.05) is 29.2 Å². The molecule has 5 nitrogen and oxygen atoms in total. The quantitative estimate of drug-likeness (QED) is 0.615. The molecule has 1 aromatic heterocycles. The van der Waals surface area contributed by atoms with Crippen LogP contribution in [0, 0.1) is 0 Å². The topological polar surface area (TPSA) is 45.9 Å². The van der Waals surface area contributed by atoms with Gasteiger partial charge in [-0.15, -0.1) is 0 Å². The molecule has 0 N–H and O–H groups in total. The molecule has 0 atom stereocenters. The van der Waals surface area contributed by atoms with E-state index in [4.69, 9.17) is 9.15 Å². The fraction of sp³-hybridized carbons (Fsp3) is 0.318. The zero-order chi connectivity index (χ0) is 19.1. The van der Waals surface area contributed by atoms with E-state index in [0.717, 1.165) is 53.9 Å². The molecule has 1 fully saturated rings. The van der Waals surface area contributed by atoms with Crippen molar-refractivity contribution in [3.8, 4) is 5.75 Å². The number of hydrogen-bond donors (Lipinski definition) is 0. The van der Waals surface area contributed by atoms with Crippen LogP contribution < -0.4 is 4.74 Å². The van der Waals surface area contributed by atoms with Crippen LogP contribution in [0.15, 0.2) is 51.4 Å². The number of ether oxygens (including phenoxy) is 1. The minimum atomic E-state index is -0.0302. The van der Waals surface area contributed by atoms with Crippen molar-refractivity contribution in [2.24, 2.45) is 0 Å². The van der Waals surface area contributed by atoms with Gasteiger partial charge in [0.05, 0.1) is 11.1 Å². The van der Waals surface area contributed by atoms with Crippen molar-refractivity contribution in [1.82, 2.24) is 9.80 Å². The highest BCUT2D eigenvalue weighted by atomic mass is 79.9. The molecule has 6 heteroatoms. The van der Waals surface area contributed by atoms with Crippen molar-refractivity contribution < 1.29 is 13.9 Å². The number of carbonyl (C=O) groups excluding carboxylic acids is 1. The molecule has 1 amide bonds. The van der Waals surface area contributed by atoms with Crippen molar-refractivity contribution in [2.45, 2.75) is 13.0 Å². The normalized spacial score (nSPS) is 17.0. The predicted octanol–water partition coefficient (Wildman–Crippen LogP) is 4.09. The maximum absolute atomic E-state index is 12.9. The average molecular weight is 441 g/mol.